The highest BCUT2D eigenvalue weighted by atomic mass is 16.5. The van der Waals surface area contributed by atoms with Gasteiger partial charge < -0.3 is 9.47 Å². The van der Waals surface area contributed by atoms with Crippen molar-refractivity contribution in [2.75, 3.05) is 13.3 Å². The van der Waals surface area contributed by atoms with E-state index in [-0.39, 0.29) is 0 Å². The molecule has 0 radical (unpaired) electrons. The van der Waals surface area contributed by atoms with E-state index in [1.165, 1.54) is 0 Å². The largest absolute Gasteiger partial charge is 0.494 e. The molecule has 21 heavy (non-hydrogen) atoms. The third-order valence-corrected chi connectivity index (χ3v) is 3.48. The zero-order valence-electron chi connectivity index (χ0n) is 12.5. The van der Waals surface area contributed by atoms with Crippen molar-refractivity contribution in [2.45, 2.75) is 20.3 Å². The lowest BCUT2D eigenvalue weighted by Gasteiger charge is -2.17. The van der Waals surface area contributed by atoms with Crippen molar-refractivity contribution < 1.29 is 14.0 Å². The van der Waals surface area contributed by atoms with Crippen LogP contribution in [-0.2, 0) is 0 Å². The molecule has 2 aromatic carbocycles. The second-order valence-electron chi connectivity index (χ2n) is 5.21. The normalized spacial score (nSPS) is 13.1. The first-order valence-corrected chi connectivity index (χ1v) is 7.34. The highest BCUT2D eigenvalue weighted by Gasteiger charge is 2.21. The van der Waals surface area contributed by atoms with Crippen LogP contribution in [0.3, 0.4) is 0 Å². The van der Waals surface area contributed by atoms with Crippen molar-refractivity contribution >= 4 is 11.9 Å². The van der Waals surface area contributed by atoms with Crippen LogP contribution in [0.25, 0.3) is 0 Å². The number of ether oxygens (including phenoxy) is 2. The number of rotatable bonds is 4. The molecular weight excluding hydrogens is 262 g/mol. The fraction of sp³-hybridized carbons (Fsp3) is 0.278. The van der Waals surface area contributed by atoms with Crippen molar-refractivity contribution in [3.63, 3.8) is 0 Å². The molecule has 0 N–H and O–H groups in total. The molecule has 0 saturated carbocycles. The smallest absolute Gasteiger partial charge is 0.292 e. The topological polar surface area (TPSA) is 21.5 Å². The van der Waals surface area contributed by atoms with Gasteiger partial charge in [0.15, 0.2) is 6.21 Å². The Morgan fingerprint density at radius 3 is 2.76 bits per heavy atom. The van der Waals surface area contributed by atoms with E-state index < -0.39 is 0 Å². The number of aryl methyl sites for hydroxylation is 1. The summed E-state index contributed by atoms with van der Waals surface area (Å²) in [6.45, 7) is 5.44. The van der Waals surface area contributed by atoms with Crippen molar-refractivity contribution in [1.82, 2.24) is 0 Å². The summed E-state index contributed by atoms with van der Waals surface area (Å²) in [6.07, 6.45) is 3.13. The van der Waals surface area contributed by atoms with E-state index in [2.05, 4.69) is 36.8 Å². The van der Waals surface area contributed by atoms with Crippen LogP contribution >= 0.6 is 0 Å². The number of nitrogens with zero attached hydrogens (tertiary/aromatic N) is 1. The minimum Gasteiger partial charge on any atom is -0.494 e. The quantitative estimate of drug-likeness (QED) is 0.793. The maximum atomic E-state index is 5.92. The molecule has 0 aromatic heterocycles. The second kappa shape index (κ2) is 6.00. The molecule has 1 heterocycles. The predicted octanol–water partition coefficient (Wildman–Crippen LogP) is 3.90. The zero-order valence-corrected chi connectivity index (χ0v) is 12.5. The molecule has 0 amide bonds. The summed E-state index contributed by atoms with van der Waals surface area (Å²) in [5.74, 6) is 1.86. The number of fused-ring (bicyclic) bond motifs is 1. The van der Waals surface area contributed by atoms with E-state index in [1.807, 2.05) is 30.3 Å². The van der Waals surface area contributed by atoms with Crippen LogP contribution in [0.1, 0.15) is 24.5 Å². The Kier molecular flexibility index (Phi) is 3.91. The van der Waals surface area contributed by atoms with Gasteiger partial charge >= 0.3 is 0 Å². The molecule has 3 heteroatoms. The lowest BCUT2D eigenvalue weighted by atomic mass is 10.1. The Labute approximate surface area is 125 Å². The average molecular weight is 282 g/mol. The van der Waals surface area contributed by atoms with Gasteiger partial charge in [-0.1, -0.05) is 25.1 Å². The summed E-state index contributed by atoms with van der Waals surface area (Å²) in [6, 6.07) is 14.3. The Morgan fingerprint density at radius 2 is 2.00 bits per heavy atom. The monoisotopic (exact) mass is 282 g/mol. The maximum Gasteiger partial charge on any atom is 0.292 e. The summed E-state index contributed by atoms with van der Waals surface area (Å²) < 4.78 is 13.8. The molecule has 0 unspecified atom stereocenters. The average Bonchev–Trinajstić information content (AvgIpc) is 2.53. The van der Waals surface area contributed by atoms with Crippen LogP contribution in [0, 0.1) is 6.92 Å². The fourth-order valence-electron chi connectivity index (χ4n) is 2.47. The summed E-state index contributed by atoms with van der Waals surface area (Å²) in [5.41, 5.74) is 3.31. The lowest BCUT2D eigenvalue weighted by Crippen LogP contribution is -2.21. The highest BCUT2D eigenvalue weighted by molar-refractivity contribution is 5.83. The molecule has 3 rings (SSSR count). The van der Waals surface area contributed by atoms with E-state index >= 15 is 0 Å². The first-order valence-electron chi connectivity index (χ1n) is 7.34. The van der Waals surface area contributed by atoms with Crippen molar-refractivity contribution in [3.05, 3.63) is 53.6 Å². The predicted molar refractivity (Wildman–Crippen MR) is 84.0 cm³/mol. The van der Waals surface area contributed by atoms with Crippen LogP contribution in [0.2, 0.25) is 0 Å². The Morgan fingerprint density at radius 1 is 1.19 bits per heavy atom. The molecule has 0 spiro atoms. The van der Waals surface area contributed by atoms with Gasteiger partial charge in [0.1, 0.15) is 11.5 Å². The Bertz CT molecular complexity index is 662. The molecule has 0 fully saturated rings. The van der Waals surface area contributed by atoms with Gasteiger partial charge in [-0.05, 0) is 31.0 Å². The van der Waals surface area contributed by atoms with Gasteiger partial charge in [0, 0.05) is 12.1 Å². The summed E-state index contributed by atoms with van der Waals surface area (Å²) in [7, 11) is 0. The minimum absolute atomic E-state index is 0.535. The van der Waals surface area contributed by atoms with Crippen molar-refractivity contribution in [2.24, 2.45) is 0 Å². The summed E-state index contributed by atoms with van der Waals surface area (Å²) in [5, 5.41) is 0. The van der Waals surface area contributed by atoms with E-state index in [9.17, 15) is 0 Å². The SMILES string of the molecule is CCCOc1cc(C)c2c(c1)C=[N+](c1ccccc1)CO2. The van der Waals surface area contributed by atoms with Gasteiger partial charge in [-0.2, -0.15) is 4.58 Å². The van der Waals surface area contributed by atoms with Gasteiger partial charge in [-0.25, -0.2) is 0 Å². The number of hydrogen-bond donors (Lipinski definition) is 0. The van der Waals surface area contributed by atoms with E-state index in [4.69, 9.17) is 9.47 Å². The van der Waals surface area contributed by atoms with Gasteiger partial charge in [0.25, 0.3) is 6.73 Å². The number of para-hydroxylation sites is 1. The molecule has 108 valence electrons. The molecule has 0 bridgehead atoms. The first kappa shape index (κ1) is 13.7. The van der Waals surface area contributed by atoms with E-state index in [0.717, 1.165) is 41.3 Å². The third kappa shape index (κ3) is 2.92. The first-order chi connectivity index (χ1) is 10.3. The van der Waals surface area contributed by atoms with Gasteiger partial charge in [-0.3, -0.25) is 0 Å². The van der Waals surface area contributed by atoms with Crippen molar-refractivity contribution in [1.29, 1.82) is 0 Å². The van der Waals surface area contributed by atoms with Crippen LogP contribution in [0.15, 0.2) is 42.5 Å². The molecule has 1 aliphatic heterocycles. The van der Waals surface area contributed by atoms with Crippen LogP contribution < -0.4 is 9.47 Å². The third-order valence-electron chi connectivity index (χ3n) is 3.48. The standard InChI is InChI=1S/C18H20NO2/c1-3-9-20-17-10-14(2)18-15(11-17)12-19(13-21-18)16-7-5-4-6-8-16/h4-8,10-12H,3,9,13H2,1-2H3/q+1. The molecule has 3 nitrogen and oxygen atoms in total. The lowest BCUT2D eigenvalue weighted by molar-refractivity contribution is -0.476. The minimum atomic E-state index is 0.535. The highest BCUT2D eigenvalue weighted by Crippen LogP contribution is 2.30. The molecule has 0 atom stereocenters. The fourth-order valence-corrected chi connectivity index (χ4v) is 2.47. The van der Waals surface area contributed by atoms with Gasteiger partial charge in [-0.15, -0.1) is 0 Å². The molecule has 2 aromatic rings. The summed E-state index contributed by atoms with van der Waals surface area (Å²) >= 11 is 0. The van der Waals surface area contributed by atoms with Crippen LogP contribution in [-0.4, -0.2) is 24.1 Å². The second-order valence-corrected chi connectivity index (χ2v) is 5.21. The number of hydrogen-bond acceptors (Lipinski definition) is 2. The van der Waals surface area contributed by atoms with E-state index in [0.29, 0.717) is 6.73 Å². The molecule has 1 aliphatic rings. The van der Waals surface area contributed by atoms with Crippen molar-refractivity contribution in [3.8, 4) is 11.5 Å². The van der Waals surface area contributed by atoms with E-state index in [1.54, 1.807) is 0 Å². The molecule has 0 saturated heterocycles. The summed E-state index contributed by atoms with van der Waals surface area (Å²) in [4.78, 5) is 0. The van der Waals surface area contributed by atoms with Gasteiger partial charge in [0.05, 0.1) is 12.2 Å². The molecule has 0 aliphatic carbocycles. The Balaban J connectivity index is 1.97. The zero-order chi connectivity index (χ0) is 14.7. The maximum absolute atomic E-state index is 5.92. The number of benzene rings is 2. The Hall–Kier alpha value is -2.29. The van der Waals surface area contributed by atoms with Crippen LogP contribution in [0.5, 0.6) is 11.5 Å². The molecular formula is C18H20NO2+. The van der Waals surface area contributed by atoms with Crippen LogP contribution in [0.4, 0.5) is 5.69 Å². The van der Waals surface area contributed by atoms with Gasteiger partial charge in [0.2, 0.25) is 5.69 Å².